The summed E-state index contributed by atoms with van der Waals surface area (Å²) in [7, 11) is 1.86. The van der Waals surface area contributed by atoms with Gasteiger partial charge < -0.3 is 4.90 Å². The molecule has 1 aromatic rings. The third kappa shape index (κ3) is 1.92. The Kier molecular flexibility index (Phi) is 2.86. The first kappa shape index (κ1) is 11.7. The van der Waals surface area contributed by atoms with Crippen LogP contribution >= 0.6 is 0 Å². The number of nitrogens with zero attached hydrogens (tertiary/aromatic N) is 4. The number of aryl methyl sites for hydroxylation is 2. The van der Waals surface area contributed by atoms with Crippen LogP contribution in [-0.4, -0.2) is 57.7 Å². The maximum atomic E-state index is 12.5. The molecule has 3 rings (SSSR count). The van der Waals surface area contributed by atoms with Crippen molar-refractivity contribution in [3.63, 3.8) is 0 Å². The van der Waals surface area contributed by atoms with Gasteiger partial charge in [0.15, 0.2) is 0 Å². The predicted octanol–water partition coefficient (Wildman–Crippen LogP) is 0.649. The maximum Gasteiger partial charge on any atom is 0.257 e. The molecular weight excluding hydrogens is 228 g/mol. The van der Waals surface area contributed by atoms with Gasteiger partial charge in [-0.15, -0.1) is 0 Å². The second kappa shape index (κ2) is 4.39. The molecule has 0 unspecified atom stereocenters. The van der Waals surface area contributed by atoms with E-state index in [2.05, 4.69) is 10.00 Å². The molecule has 1 amide bonds. The second-order valence-electron chi connectivity index (χ2n) is 5.39. The molecule has 18 heavy (non-hydrogen) atoms. The van der Waals surface area contributed by atoms with Gasteiger partial charge in [0.2, 0.25) is 0 Å². The number of carbonyl (C=O) groups is 1. The largest absolute Gasteiger partial charge is 0.336 e. The lowest BCUT2D eigenvalue weighted by molar-refractivity contribution is 0.0570. The Morgan fingerprint density at radius 3 is 2.94 bits per heavy atom. The summed E-state index contributed by atoms with van der Waals surface area (Å²) in [5.74, 6) is 0.146. The quantitative estimate of drug-likeness (QED) is 0.732. The second-order valence-corrected chi connectivity index (χ2v) is 5.39. The van der Waals surface area contributed by atoms with Crippen molar-refractivity contribution in [1.82, 2.24) is 19.6 Å². The summed E-state index contributed by atoms with van der Waals surface area (Å²) in [5.41, 5.74) is 1.58. The summed E-state index contributed by atoms with van der Waals surface area (Å²) in [6, 6.07) is 0.583. The van der Waals surface area contributed by atoms with E-state index < -0.39 is 0 Å². The van der Waals surface area contributed by atoms with Crippen LogP contribution in [0.1, 0.15) is 28.9 Å². The van der Waals surface area contributed by atoms with Crippen LogP contribution in [0, 0.1) is 6.92 Å². The van der Waals surface area contributed by atoms with Gasteiger partial charge in [-0.25, -0.2) is 0 Å². The average molecular weight is 248 g/mol. The van der Waals surface area contributed by atoms with Crippen molar-refractivity contribution < 1.29 is 4.79 Å². The summed E-state index contributed by atoms with van der Waals surface area (Å²) in [6.07, 6.45) is 4.34. The first-order valence-corrected chi connectivity index (χ1v) is 6.69. The van der Waals surface area contributed by atoms with Crippen LogP contribution in [0.4, 0.5) is 0 Å². The molecule has 2 fully saturated rings. The van der Waals surface area contributed by atoms with Crippen LogP contribution in [0.25, 0.3) is 0 Å². The SMILES string of the molecule is Cc1nn(C)cc1C(=O)N1CCN2CCC[C@H]2C1. The number of amides is 1. The fourth-order valence-corrected chi connectivity index (χ4v) is 3.16. The number of hydrogen-bond donors (Lipinski definition) is 0. The normalized spacial score (nSPS) is 24.3. The van der Waals surface area contributed by atoms with Crippen LogP contribution in [-0.2, 0) is 7.05 Å². The molecule has 3 heterocycles. The minimum atomic E-state index is 0.146. The molecule has 98 valence electrons. The molecule has 2 aliphatic rings. The molecular formula is C13H20N4O. The van der Waals surface area contributed by atoms with Crippen molar-refractivity contribution in [3.8, 4) is 0 Å². The highest BCUT2D eigenvalue weighted by atomic mass is 16.2. The fraction of sp³-hybridized carbons (Fsp3) is 0.692. The Hall–Kier alpha value is -1.36. The van der Waals surface area contributed by atoms with Gasteiger partial charge in [0, 0.05) is 38.9 Å². The van der Waals surface area contributed by atoms with Crippen molar-refractivity contribution >= 4 is 5.91 Å². The van der Waals surface area contributed by atoms with Gasteiger partial charge in [0.1, 0.15) is 0 Å². The molecule has 0 aliphatic carbocycles. The molecule has 5 nitrogen and oxygen atoms in total. The summed E-state index contributed by atoms with van der Waals surface area (Å²) in [5, 5.41) is 4.25. The van der Waals surface area contributed by atoms with E-state index in [4.69, 9.17) is 0 Å². The van der Waals surface area contributed by atoms with Crippen LogP contribution in [0.5, 0.6) is 0 Å². The molecule has 5 heteroatoms. The highest BCUT2D eigenvalue weighted by Gasteiger charge is 2.33. The van der Waals surface area contributed by atoms with E-state index in [1.54, 1.807) is 4.68 Å². The first-order chi connectivity index (χ1) is 8.65. The highest BCUT2D eigenvalue weighted by molar-refractivity contribution is 5.95. The van der Waals surface area contributed by atoms with Gasteiger partial charge in [-0.3, -0.25) is 14.4 Å². The topological polar surface area (TPSA) is 41.4 Å². The third-order valence-corrected chi connectivity index (χ3v) is 4.12. The Morgan fingerprint density at radius 1 is 1.39 bits per heavy atom. The Labute approximate surface area is 107 Å². The fourth-order valence-electron chi connectivity index (χ4n) is 3.16. The zero-order valence-corrected chi connectivity index (χ0v) is 11.1. The Morgan fingerprint density at radius 2 is 2.22 bits per heavy atom. The summed E-state index contributed by atoms with van der Waals surface area (Å²) in [4.78, 5) is 17.0. The molecule has 0 radical (unpaired) electrons. The standard InChI is InChI=1S/C13H20N4O/c1-10-12(9-15(2)14-10)13(18)17-7-6-16-5-3-4-11(16)8-17/h9,11H,3-8H2,1-2H3/t11-/m0/s1. The smallest absolute Gasteiger partial charge is 0.257 e. The van der Waals surface area contributed by atoms with Crippen LogP contribution in [0.2, 0.25) is 0 Å². The molecule has 0 aromatic carbocycles. The van der Waals surface area contributed by atoms with Crippen molar-refractivity contribution in [3.05, 3.63) is 17.5 Å². The Bertz CT molecular complexity index is 468. The average Bonchev–Trinajstić information content (AvgIpc) is 2.93. The first-order valence-electron chi connectivity index (χ1n) is 6.69. The van der Waals surface area contributed by atoms with Gasteiger partial charge in [0.05, 0.1) is 11.3 Å². The molecule has 0 bridgehead atoms. The van der Waals surface area contributed by atoms with Gasteiger partial charge in [0.25, 0.3) is 5.91 Å². The van der Waals surface area contributed by atoms with Gasteiger partial charge >= 0.3 is 0 Å². The van der Waals surface area contributed by atoms with Crippen molar-refractivity contribution in [2.24, 2.45) is 7.05 Å². The molecule has 0 saturated carbocycles. The Balaban J connectivity index is 1.75. The summed E-state index contributed by atoms with van der Waals surface area (Å²) in [6.45, 7) is 5.87. The minimum Gasteiger partial charge on any atom is -0.336 e. The van der Waals surface area contributed by atoms with Crippen molar-refractivity contribution in [2.45, 2.75) is 25.8 Å². The molecule has 1 aromatic heterocycles. The zero-order chi connectivity index (χ0) is 12.7. The van der Waals surface area contributed by atoms with E-state index in [-0.39, 0.29) is 5.91 Å². The van der Waals surface area contributed by atoms with E-state index in [9.17, 15) is 4.79 Å². The predicted molar refractivity (Wildman–Crippen MR) is 68.4 cm³/mol. The van der Waals surface area contributed by atoms with Gasteiger partial charge in [-0.2, -0.15) is 5.10 Å². The van der Waals surface area contributed by atoms with E-state index in [0.29, 0.717) is 6.04 Å². The number of piperazine rings is 1. The molecule has 2 aliphatic heterocycles. The number of fused-ring (bicyclic) bond motifs is 1. The molecule has 2 saturated heterocycles. The lowest BCUT2D eigenvalue weighted by atomic mass is 10.1. The van der Waals surface area contributed by atoms with E-state index in [1.165, 1.54) is 19.4 Å². The number of carbonyl (C=O) groups excluding carboxylic acids is 1. The summed E-state index contributed by atoms with van der Waals surface area (Å²) >= 11 is 0. The lowest BCUT2D eigenvalue weighted by Gasteiger charge is -2.37. The third-order valence-electron chi connectivity index (χ3n) is 4.12. The monoisotopic (exact) mass is 248 g/mol. The molecule has 0 spiro atoms. The van der Waals surface area contributed by atoms with Gasteiger partial charge in [-0.1, -0.05) is 0 Å². The van der Waals surface area contributed by atoms with E-state index in [1.807, 2.05) is 25.1 Å². The lowest BCUT2D eigenvalue weighted by Crippen LogP contribution is -2.52. The number of rotatable bonds is 1. The number of hydrogen-bond acceptors (Lipinski definition) is 3. The van der Waals surface area contributed by atoms with Crippen molar-refractivity contribution in [2.75, 3.05) is 26.2 Å². The summed E-state index contributed by atoms with van der Waals surface area (Å²) < 4.78 is 1.72. The molecule has 1 atom stereocenters. The van der Waals surface area contributed by atoms with Crippen LogP contribution in [0.3, 0.4) is 0 Å². The maximum absolute atomic E-state index is 12.5. The van der Waals surface area contributed by atoms with Crippen molar-refractivity contribution in [1.29, 1.82) is 0 Å². The minimum absolute atomic E-state index is 0.146. The van der Waals surface area contributed by atoms with E-state index >= 15 is 0 Å². The number of aromatic nitrogens is 2. The van der Waals surface area contributed by atoms with Gasteiger partial charge in [-0.05, 0) is 26.3 Å². The van der Waals surface area contributed by atoms with Crippen LogP contribution in [0.15, 0.2) is 6.20 Å². The van der Waals surface area contributed by atoms with E-state index in [0.717, 1.165) is 30.9 Å². The zero-order valence-electron chi connectivity index (χ0n) is 11.1. The van der Waals surface area contributed by atoms with Crippen LogP contribution < -0.4 is 0 Å². The highest BCUT2D eigenvalue weighted by Crippen LogP contribution is 2.22. The molecule has 0 N–H and O–H groups in total.